The molecule has 1 aliphatic rings. The molecule has 0 radical (unpaired) electrons. The first-order valence-electron chi connectivity index (χ1n) is 7.96. The van der Waals surface area contributed by atoms with Gasteiger partial charge < -0.3 is 9.88 Å². The van der Waals surface area contributed by atoms with Gasteiger partial charge in [0.05, 0.1) is 12.0 Å². The Labute approximate surface area is 134 Å². The lowest BCUT2D eigenvalue weighted by molar-refractivity contribution is -0.130. The Balaban J connectivity index is 1.75. The third-order valence-electron chi connectivity index (χ3n) is 4.63. The minimum absolute atomic E-state index is 0.0624. The molecular formula is C17H21FN4O. The van der Waals surface area contributed by atoms with E-state index in [0.29, 0.717) is 6.54 Å². The molecular weight excluding hydrogens is 295 g/mol. The minimum Gasteiger partial charge on any atom is -0.348 e. The number of rotatable bonds is 5. The Kier molecular flexibility index (Phi) is 4.15. The number of benzene rings is 1. The topological polar surface area (TPSA) is 59.8 Å². The van der Waals surface area contributed by atoms with Gasteiger partial charge in [0.2, 0.25) is 5.91 Å². The number of nitrogens with zero attached hydrogens (tertiary/aromatic N) is 3. The van der Waals surface area contributed by atoms with Crippen molar-refractivity contribution in [2.75, 3.05) is 0 Å². The monoisotopic (exact) mass is 316 g/mol. The van der Waals surface area contributed by atoms with Crippen LogP contribution in [0.3, 0.4) is 0 Å². The molecule has 1 aromatic carbocycles. The predicted octanol–water partition coefficient (Wildman–Crippen LogP) is 2.74. The van der Waals surface area contributed by atoms with Crippen molar-refractivity contribution in [3.63, 3.8) is 0 Å². The summed E-state index contributed by atoms with van der Waals surface area (Å²) >= 11 is 0. The Hall–Kier alpha value is -2.24. The van der Waals surface area contributed by atoms with Crippen molar-refractivity contribution in [3.05, 3.63) is 47.8 Å². The van der Waals surface area contributed by atoms with Crippen LogP contribution < -0.4 is 5.32 Å². The van der Waals surface area contributed by atoms with E-state index in [1.54, 1.807) is 12.4 Å². The predicted molar refractivity (Wildman–Crippen MR) is 84.2 cm³/mol. The zero-order chi connectivity index (χ0) is 16.4. The highest BCUT2D eigenvalue weighted by molar-refractivity contribution is 5.89. The lowest BCUT2D eigenvalue weighted by Crippen LogP contribution is -2.49. The maximum absolute atomic E-state index is 13.5. The number of aromatic nitrogens is 3. The zero-order valence-electron chi connectivity index (χ0n) is 13.4. The summed E-state index contributed by atoms with van der Waals surface area (Å²) in [6.45, 7) is 4.40. The molecule has 2 aromatic rings. The highest BCUT2D eigenvalue weighted by Crippen LogP contribution is 2.44. The van der Waals surface area contributed by atoms with Gasteiger partial charge in [-0.05, 0) is 44.4 Å². The van der Waals surface area contributed by atoms with Gasteiger partial charge in [0.25, 0.3) is 0 Å². The second-order valence-corrected chi connectivity index (χ2v) is 6.38. The highest BCUT2D eigenvalue weighted by Gasteiger charge is 2.45. The van der Waals surface area contributed by atoms with E-state index in [1.807, 2.05) is 24.5 Å². The molecule has 1 saturated carbocycles. The van der Waals surface area contributed by atoms with Crippen LogP contribution in [0.25, 0.3) is 0 Å². The van der Waals surface area contributed by atoms with Crippen LogP contribution in [-0.2, 0) is 16.8 Å². The molecule has 0 bridgehead atoms. The zero-order valence-corrected chi connectivity index (χ0v) is 13.4. The average molecular weight is 316 g/mol. The van der Waals surface area contributed by atoms with Crippen molar-refractivity contribution in [1.29, 1.82) is 0 Å². The summed E-state index contributed by atoms with van der Waals surface area (Å²) in [7, 11) is 0. The molecule has 1 N–H and O–H groups in total. The Morgan fingerprint density at radius 1 is 1.43 bits per heavy atom. The Morgan fingerprint density at radius 3 is 2.83 bits per heavy atom. The molecule has 0 aliphatic heterocycles. The van der Waals surface area contributed by atoms with Crippen LogP contribution in [0, 0.1) is 5.82 Å². The van der Waals surface area contributed by atoms with E-state index in [2.05, 4.69) is 15.5 Å². The normalized spacial score (nSPS) is 16.2. The Bertz CT molecular complexity index is 706. The number of hydrogen-bond donors (Lipinski definition) is 1. The third-order valence-corrected chi connectivity index (χ3v) is 4.63. The molecule has 1 heterocycles. The second kappa shape index (κ2) is 6.10. The smallest absolute Gasteiger partial charge is 0.231 e. The average Bonchev–Trinajstić information content (AvgIpc) is 2.92. The van der Waals surface area contributed by atoms with Crippen LogP contribution in [0.5, 0.6) is 0 Å². The molecule has 0 spiro atoms. The summed E-state index contributed by atoms with van der Waals surface area (Å²) in [5.74, 6) is 0.357. The van der Waals surface area contributed by atoms with Crippen molar-refractivity contribution >= 4 is 5.91 Å². The molecule has 6 heteroatoms. The van der Waals surface area contributed by atoms with Gasteiger partial charge >= 0.3 is 0 Å². The van der Waals surface area contributed by atoms with Crippen molar-refractivity contribution in [2.24, 2.45) is 0 Å². The molecule has 0 atom stereocenters. The summed E-state index contributed by atoms with van der Waals surface area (Å²) in [4.78, 5) is 12.7. The third kappa shape index (κ3) is 2.85. The molecule has 1 aliphatic carbocycles. The lowest BCUT2D eigenvalue weighted by Gasteiger charge is -2.40. The van der Waals surface area contributed by atoms with Crippen LogP contribution in [0.15, 0.2) is 30.6 Å². The SMILES string of the molecule is CC(C)n1cnnc1CNC(=O)C1(c2cccc(F)c2)CCC1. The number of halogens is 1. The summed E-state index contributed by atoms with van der Waals surface area (Å²) < 4.78 is 15.4. The molecule has 122 valence electrons. The van der Waals surface area contributed by atoms with Gasteiger partial charge in [-0.2, -0.15) is 0 Å². The van der Waals surface area contributed by atoms with E-state index in [9.17, 15) is 9.18 Å². The van der Waals surface area contributed by atoms with Crippen LogP contribution in [0.4, 0.5) is 4.39 Å². The van der Waals surface area contributed by atoms with E-state index in [1.165, 1.54) is 12.1 Å². The fourth-order valence-electron chi connectivity index (χ4n) is 3.12. The molecule has 23 heavy (non-hydrogen) atoms. The van der Waals surface area contributed by atoms with E-state index in [4.69, 9.17) is 0 Å². The molecule has 1 fully saturated rings. The van der Waals surface area contributed by atoms with Gasteiger partial charge in [-0.3, -0.25) is 4.79 Å². The summed E-state index contributed by atoms with van der Waals surface area (Å²) in [6, 6.07) is 6.60. The number of nitrogens with one attached hydrogen (secondary N) is 1. The van der Waals surface area contributed by atoms with E-state index < -0.39 is 5.41 Å². The van der Waals surface area contributed by atoms with Crippen LogP contribution in [-0.4, -0.2) is 20.7 Å². The molecule has 0 unspecified atom stereocenters. The van der Waals surface area contributed by atoms with E-state index in [-0.39, 0.29) is 17.8 Å². The number of amides is 1. The van der Waals surface area contributed by atoms with E-state index in [0.717, 1.165) is 30.7 Å². The van der Waals surface area contributed by atoms with Crippen molar-refractivity contribution < 1.29 is 9.18 Å². The first kappa shape index (κ1) is 15.6. The summed E-state index contributed by atoms with van der Waals surface area (Å²) in [6.07, 6.45) is 4.14. The van der Waals surface area contributed by atoms with Gasteiger partial charge in [-0.1, -0.05) is 18.6 Å². The minimum atomic E-state index is -0.606. The maximum Gasteiger partial charge on any atom is 0.231 e. The summed E-state index contributed by atoms with van der Waals surface area (Å²) in [5.41, 5.74) is 0.150. The molecule has 0 saturated heterocycles. The summed E-state index contributed by atoms with van der Waals surface area (Å²) in [5, 5.41) is 10.9. The molecule has 1 amide bonds. The van der Waals surface area contributed by atoms with Gasteiger partial charge in [-0.15, -0.1) is 10.2 Å². The fraction of sp³-hybridized carbons (Fsp3) is 0.471. The maximum atomic E-state index is 13.5. The molecule has 5 nitrogen and oxygen atoms in total. The Morgan fingerprint density at radius 2 is 2.22 bits per heavy atom. The first-order chi connectivity index (χ1) is 11.0. The van der Waals surface area contributed by atoms with Crippen LogP contribution >= 0.6 is 0 Å². The van der Waals surface area contributed by atoms with Gasteiger partial charge in [0.1, 0.15) is 12.1 Å². The van der Waals surface area contributed by atoms with Gasteiger partial charge in [0.15, 0.2) is 5.82 Å². The van der Waals surface area contributed by atoms with Gasteiger partial charge in [-0.25, -0.2) is 4.39 Å². The number of carbonyl (C=O) groups is 1. The largest absolute Gasteiger partial charge is 0.348 e. The van der Waals surface area contributed by atoms with Crippen LogP contribution in [0.2, 0.25) is 0 Å². The fourth-order valence-corrected chi connectivity index (χ4v) is 3.12. The molecule has 3 rings (SSSR count). The quantitative estimate of drug-likeness (QED) is 0.922. The molecule has 1 aromatic heterocycles. The van der Waals surface area contributed by atoms with Crippen molar-refractivity contribution in [3.8, 4) is 0 Å². The standard InChI is InChI=1S/C17H21FN4O/c1-12(2)22-11-20-21-15(22)10-19-16(23)17(7-4-8-17)13-5-3-6-14(18)9-13/h3,5-6,9,11-12H,4,7-8,10H2,1-2H3,(H,19,23). The number of carbonyl (C=O) groups excluding carboxylic acids is 1. The lowest BCUT2D eigenvalue weighted by atomic mass is 9.64. The van der Waals surface area contributed by atoms with Crippen LogP contribution in [0.1, 0.15) is 50.5 Å². The van der Waals surface area contributed by atoms with Gasteiger partial charge in [0, 0.05) is 6.04 Å². The second-order valence-electron chi connectivity index (χ2n) is 6.38. The van der Waals surface area contributed by atoms with E-state index >= 15 is 0 Å². The number of hydrogen-bond acceptors (Lipinski definition) is 3. The highest BCUT2D eigenvalue weighted by atomic mass is 19.1. The van der Waals surface area contributed by atoms with Crippen molar-refractivity contribution in [1.82, 2.24) is 20.1 Å². The van der Waals surface area contributed by atoms with Crippen molar-refractivity contribution in [2.45, 2.75) is 51.1 Å². The first-order valence-corrected chi connectivity index (χ1v) is 7.96.